The highest BCUT2D eigenvalue weighted by Gasteiger charge is 2.28. The Bertz CT molecular complexity index is 767. The molecule has 0 saturated carbocycles. The molecule has 25 heavy (non-hydrogen) atoms. The largest absolute Gasteiger partial charge is 0.485 e. The fourth-order valence-corrected chi connectivity index (χ4v) is 3.64. The topological polar surface area (TPSA) is 102 Å². The quantitative estimate of drug-likeness (QED) is 0.728. The third kappa shape index (κ3) is 4.60. The number of amides is 2. The SMILES string of the molecule is CCNc1nnc(SCC(=O)NC(=O)[C@H]2COc3ccccc3O2)s1. The van der Waals surface area contributed by atoms with Gasteiger partial charge >= 0.3 is 0 Å². The van der Waals surface area contributed by atoms with Gasteiger partial charge in [0.1, 0.15) is 6.61 Å². The van der Waals surface area contributed by atoms with Crippen LogP contribution in [0, 0.1) is 0 Å². The van der Waals surface area contributed by atoms with Crippen LogP contribution in [0.25, 0.3) is 0 Å². The Hall–Kier alpha value is -2.33. The molecule has 1 aromatic heterocycles. The first-order chi connectivity index (χ1) is 12.2. The van der Waals surface area contributed by atoms with Gasteiger partial charge in [0.15, 0.2) is 15.8 Å². The zero-order valence-electron chi connectivity index (χ0n) is 13.4. The fraction of sp³-hybridized carbons (Fsp3) is 0.333. The predicted octanol–water partition coefficient (Wildman–Crippen LogP) is 1.54. The summed E-state index contributed by atoms with van der Waals surface area (Å²) in [5.74, 6) is 0.196. The fourth-order valence-electron chi connectivity index (χ4n) is 2.02. The predicted molar refractivity (Wildman–Crippen MR) is 94.3 cm³/mol. The van der Waals surface area contributed by atoms with Crippen LogP contribution >= 0.6 is 23.1 Å². The zero-order valence-corrected chi connectivity index (χ0v) is 15.0. The second kappa shape index (κ2) is 8.17. The Morgan fingerprint density at radius 3 is 2.92 bits per heavy atom. The van der Waals surface area contributed by atoms with Crippen LogP contribution in [0.4, 0.5) is 5.13 Å². The summed E-state index contributed by atoms with van der Waals surface area (Å²) in [7, 11) is 0. The first kappa shape index (κ1) is 17.5. The molecule has 0 fully saturated rings. The summed E-state index contributed by atoms with van der Waals surface area (Å²) in [5.41, 5.74) is 0. The van der Waals surface area contributed by atoms with Crippen molar-refractivity contribution in [1.29, 1.82) is 0 Å². The van der Waals surface area contributed by atoms with E-state index in [4.69, 9.17) is 9.47 Å². The molecule has 1 atom stereocenters. The van der Waals surface area contributed by atoms with Crippen molar-refractivity contribution >= 4 is 40.0 Å². The lowest BCUT2D eigenvalue weighted by atomic mass is 10.2. The van der Waals surface area contributed by atoms with Crippen molar-refractivity contribution in [1.82, 2.24) is 15.5 Å². The number of ether oxygens (including phenoxy) is 2. The highest BCUT2D eigenvalue weighted by molar-refractivity contribution is 8.01. The molecule has 10 heteroatoms. The van der Waals surface area contributed by atoms with Gasteiger partial charge in [-0.05, 0) is 19.1 Å². The van der Waals surface area contributed by atoms with Crippen LogP contribution < -0.4 is 20.1 Å². The molecule has 0 radical (unpaired) electrons. The van der Waals surface area contributed by atoms with E-state index in [1.807, 2.05) is 13.0 Å². The summed E-state index contributed by atoms with van der Waals surface area (Å²) in [4.78, 5) is 24.1. The van der Waals surface area contributed by atoms with Gasteiger partial charge in [0.05, 0.1) is 5.75 Å². The van der Waals surface area contributed by atoms with Crippen LogP contribution in [0.1, 0.15) is 6.92 Å². The van der Waals surface area contributed by atoms with E-state index in [1.165, 1.54) is 23.1 Å². The molecule has 2 N–H and O–H groups in total. The first-order valence-electron chi connectivity index (χ1n) is 7.58. The number of imide groups is 1. The summed E-state index contributed by atoms with van der Waals surface area (Å²) in [6.07, 6.45) is -0.856. The number of thioether (sulfide) groups is 1. The van der Waals surface area contributed by atoms with Gasteiger partial charge < -0.3 is 14.8 Å². The molecule has 0 bridgehead atoms. The average molecular weight is 380 g/mol. The smallest absolute Gasteiger partial charge is 0.271 e. The molecule has 0 saturated heterocycles. The number of carbonyl (C=O) groups is 2. The van der Waals surface area contributed by atoms with Gasteiger partial charge in [0.2, 0.25) is 17.1 Å². The molecule has 0 unspecified atom stereocenters. The molecule has 132 valence electrons. The lowest BCUT2D eigenvalue weighted by Crippen LogP contribution is -2.46. The van der Waals surface area contributed by atoms with Gasteiger partial charge in [-0.15, -0.1) is 10.2 Å². The minimum Gasteiger partial charge on any atom is -0.485 e. The van der Waals surface area contributed by atoms with Crippen molar-refractivity contribution in [2.75, 3.05) is 24.2 Å². The van der Waals surface area contributed by atoms with Crippen LogP contribution in [0.3, 0.4) is 0 Å². The van der Waals surface area contributed by atoms with Crippen molar-refractivity contribution in [2.24, 2.45) is 0 Å². The number of hydrogen-bond donors (Lipinski definition) is 2. The number of benzene rings is 1. The minimum absolute atomic E-state index is 0.0612. The van der Waals surface area contributed by atoms with Crippen LogP contribution in [-0.4, -0.2) is 47.0 Å². The minimum atomic E-state index is -0.856. The van der Waals surface area contributed by atoms with Crippen molar-refractivity contribution in [3.05, 3.63) is 24.3 Å². The van der Waals surface area contributed by atoms with E-state index in [-0.39, 0.29) is 12.4 Å². The van der Waals surface area contributed by atoms with Crippen molar-refractivity contribution in [3.63, 3.8) is 0 Å². The van der Waals surface area contributed by atoms with E-state index in [2.05, 4.69) is 20.8 Å². The number of nitrogens with one attached hydrogen (secondary N) is 2. The van der Waals surface area contributed by atoms with E-state index in [0.29, 0.717) is 21.0 Å². The Labute approximate surface area is 152 Å². The molecule has 2 aromatic rings. The molecule has 0 aliphatic carbocycles. The van der Waals surface area contributed by atoms with Crippen molar-refractivity contribution in [3.8, 4) is 11.5 Å². The van der Waals surface area contributed by atoms with Gasteiger partial charge in [-0.3, -0.25) is 14.9 Å². The van der Waals surface area contributed by atoms with Gasteiger partial charge in [-0.2, -0.15) is 0 Å². The van der Waals surface area contributed by atoms with Crippen LogP contribution in [0.2, 0.25) is 0 Å². The second-order valence-corrected chi connectivity index (χ2v) is 7.17. The lowest BCUT2D eigenvalue weighted by molar-refractivity contribution is -0.135. The monoisotopic (exact) mass is 380 g/mol. The summed E-state index contributed by atoms with van der Waals surface area (Å²) < 4.78 is 11.7. The number of carbonyl (C=O) groups excluding carboxylic acids is 2. The van der Waals surface area contributed by atoms with Crippen LogP contribution in [0.15, 0.2) is 28.6 Å². The summed E-state index contributed by atoms with van der Waals surface area (Å²) >= 11 is 2.58. The maximum atomic E-state index is 12.1. The molecule has 3 rings (SSSR count). The van der Waals surface area contributed by atoms with Gasteiger partial charge in [-0.1, -0.05) is 35.2 Å². The number of rotatable bonds is 6. The molecule has 8 nitrogen and oxygen atoms in total. The van der Waals surface area contributed by atoms with Gasteiger partial charge in [0, 0.05) is 6.54 Å². The van der Waals surface area contributed by atoms with E-state index >= 15 is 0 Å². The number of anilines is 1. The first-order valence-corrected chi connectivity index (χ1v) is 9.38. The zero-order chi connectivity index (χ0) is 17.6. The normalized spacial score (nSPS) is 15.5. The standard InChI is InChI=1S/C15H16N4O4S2/c1-2-16-14-18-19-15(25-14)24-8-12(20)17-13(21)11-7-22-9-5-3-4-6-10(9)23-11/h3-6,11H,2,7-8H2,1H3,(H,16,18)(H,17,20,21)/t11-/m1/s1. The molecule has 2 heterocycles. The van der Waals surface area contributed by atoms with Crippen molar-refractivity contribution < 1.29 is 19.1 Å². The van der Waals surface area contributed by atoms with E-state index in [0.717, 1.165) is 6.54 Å². The van der Waals surface area contributed by atoms with E-state index in [1.54, 1.807) is 18.2 Å². The van der Waals surface area contributed by atoms with Gasteiger partial charge in [0.25, 0.3) is 5.91 Å². The summed E-state index contributed by atoms with van der Waals surface area (Å²) in [6.45, 7) is 2.77. The molecular weight excluding hydrogens is 364 g/mol. The number of fused-ring (bicyclic) bond motifs is 1. The molecule has 1 aromatic carbocycles. The van der Waals surface area contributed by atoms with Crippen LogP contribution in [-0.2, 0) is 9.59 Å². The van der Waals surface area contributed by atoms with E-state index < -0.39 is 17.9 Å². The summed E-state index contributed by atoms with van der Waals surface area (Å²) in [6, 6.07) is 7.07. The Morgan fingerprint density at radius 2 is 2.12 bits per heavy atom. The number of nitrogens with zero attached hydrogens (tertiary/aromatic N) is 2. The van der Waals surface area contributed by atoms with Gasteiger partial charge in [-0.25, -0.2) is 0 Å². The number of aromatic nitrogens is 2. The average Bonchev–Trinajstić information content (AvgIpc) is 3.07. The number of hydrogen-bond acceptors (Lipinski definition) is 9. The highest BCUT2D eigenvalue weighted by Crippen LogP contribution is 2.31. The van der Waals surface area contributed by atoms with Crippen molar-refractivity contribution in [2.45, 2.75) is 17.4 Å². The molecule has 1 aliphatic rings. The van der Waals surface area contributed by atoms with Crippen LogP contribution in [0.5, 0.6) is 11.5 Å². The third-order valence-electron chi connectivity index (χ3n) is 3.12. The maximum Gasteiger partial charge on any atom is 0.271 e. The Kier molecular flexibility index (Phi) is 5.71. The lowest BCUT2D eigenvalue weighted by Gasteiger charge is -2.25. The highest BCUT2D eigenvalue weighted by atomic mass is 32.2. The van der Waals surface area contributed by atoms with E-state index in [9.17, 15) is 9.59 Å². The second-order valence-electron chi connectivity index (χ2n) is 4.97. The Balaban J connectivity index is 1.47. The number of para-hydroxylation sites is 2. The maximum absolute atomic E-state index is 12.1. The summed E-state index contributed by atoms with van der Waals surface area (Å²) in [5, 5.41) is 14.0. The third-order valence-corrected chi connectivity index (χ3v) is 5.14. The molecule has 0 spiro atoms. The molecule has 2 amide bonds. The Morgan fingerprint density at radius 1 is 1.32 bits per heavy atom. The molecular formula is C15H16N4O4S2. The molecule has 1 aliphatic heterocycles.